The second kappa shape index (κ2) is 6.25. The molecule has 0 fully saturated rings. The number of halogens is 1. The monoisotopic (exact) mass is 290 g/mol. The average Bonchev–Trinajstić information content (AvgIpc) is 2.59. The smallest absolute Gasteiger partial charge is 0.217 e. The molecule has 1 rings (SSSR count). The van der Waals surface area contributed by atoms with E-state index in [9.17, 15) is 4.79 Å². The third-order valence-electron chi connectivity index (χ3n) is 2.06. The molecule has 1 amide bonds. The molecule has 1 atom stereocenters. The molecule has 84 valence electrons. The number of carbonyl (C=O) groups excluding carboxylic acids is 1. The molecule has 0 aliphatic carbocycles. The minimum Gasteiger partial charge on any atom is -0.370 e. The van der Waals surface area contributed by atoms with Crippen molar-refractivity contribution in [1.29, 1.82) is 0 Å². The van der Waals surface area contributed by atoms with Crippen LogP contribution in [0.15, 0.2) is 15.9 Å². The number of hydrogen-bond donors (Lipinski definition) is 2. The lowest BCUT2D eigenvalue weighted by atomic mass is 10.2. The molecule has 0 aliphatic rings. The van der Waals surface area contributed by atoms with Crippen molar-refractivity contribution in [1.82, 2.24) is 5.32 Å². The van der Waals surface area contributed by atoms with Gasteiger partial charge in [0.25, 0.3) is 0 Å². The summed E-state index contributed by atoms with van der Waals surface area (Å²) in [6.07, 6.45) is 1.25. The first kappa shape index (κ1) is 12.7. The first-order chi connectivity index (χ1) is 7.09. The first-order valence-electron chi connectivity index (χ1n) is 4.85. The van der Waals surface area contributed by atoms with Gasteiger partial charge in [-0.15, -0.1) is 11.3 Å². The van der Waals surface area contributed by atoms with Crippen molar-refractivity contribution in [3.05, 3.63) is 20.8 Å². The van der Waals surface area contributed by atoms with Gasteiger partial charge in [-0.25, -0.2) is 0 Å². The molecule has 15 heavy (non-hydrogen) atoms. The quantitative estimate of drug-likeness (QED) is 0.791. The van der Waals surface area contributed by atoms with Crippen LogP contribution in [-0.4, -0.2) is 12.5 Å². The van der Waals surface area contributed by atoms with Crippen molar-refractivity contribution in [2.45, 2.75) is 25.8 Å². The highest BCUT2D eigenvalue weighted by Gasteiger charge is 2.06. The molecule has 3 N–H and O–H groups in total. The zero-order chi connectivity index (χ0) is 11.3. The Morgan fingerprint density at radius 1 is 1.73 bits per heavy atom. The normalized spacial score (nSPS) is 12.7. The van der Waals surface area contributed by atoms with Crippen LogP contribution in [0.5, 0.6) is 0 Å². The summed E-state index contributed by atoms with van der Waals surface area (Å²) in [5, 5.41) is 5.42. The van der Waals surface area contributed by atoms with Gasteiger partial charge in [-0.05, 0) is 41.9 Å². The number of carbonyl (C=O) groups is 1. The van der Waals surface area contributed by atoms with Crippen LogP contribution in [0.3, 0.4) is 0 Å². The number of hydrogen-bond acceptors (Lipinski definition) is 3. The van der Waals surface area contributed by atoms with Crippen LogP contribution in [0.4, 0.5) is 0 Å². The van der Waals surface area contributed by atoms with E-state index in [4.69, 9.17) is 5.73 Å². The van der Waals surface area contributed by atoms with Gasteiger partial charge in [0.15, 0.2) is 0 Å². The average molecular weight is 291 g/mol. The van der Waals surface area contributed by atoms with E-state index in [-0.39, 0.29) is 5.91 Å². The molecule has 0 spiro atoms. The van der Waals surface area contributed by atoms with Crippen molar-refractivity contribution in [3.8, 4) is 0 Å². The third-order valence-corrected chi connectivity index (χ3v) is 3.94. The van der Waals surface area contributed by atoms with E-state index in [2.05, 4.69) is 39.6 Å². The van der Waals surface area contributed by atoms with E-state index in [1.165, 1.54) is 4.88 Å². The molecule has 5 heteroatoms. The minimum absolute atomic E-state index is 0.233. The highest BCUT2D eigenvalue weighted by molar-refractivity contribution is 9.10. The van der Waals surface area contributed by atoms with Gasteiger partial charge in [0.1, 0.15) is 0 Å². The van der Waals surface area contributed by atoms with Gasteiger partial charge in [0.2, 0.25) is 5.91 Å². The summed E-state index contributed by atoms with van der Waals surface area (Å²) in [7, 11) is 0. The summed E-state index contributed by atoms with van der Waals surface area (Å²) in [4.78, 5) is 11.8. The fourth-order valence-electron chi connectivity index (χ4n) is 1.24. The predicted octanol–water partition coefficient (Wildman–Crippen LogP) is 2.43. The van der Waals surface area contributed by atoms with E-state index in [0.29, 0.717) is 12.5 Å². The summed E-state index contributed by atoms with van der Waals surface area (Å²) in [6.45, 7) is 2.93. The van der Waals surface area contributed by atoms with Gasteiger partial charge < -0.3 is 11.1 Å². The van der Waals surface area contributed by atoms with Crippen molar-refractivity contribution >= 4 is 33.2 Å². The lowest BCUT2D eigenvalue weighted by Crippen LogP contribution is -2.21. The van der Waals surface area contributed by atoms with Crippen molar-refractivity contribution < 1.29 is 4.79 Å². The van der Waals surface area contributed by atoms with E-state index in [0.717, 1.165) is 17.4 Å². The van der Waals surface area contributed by atoms with Crippen LogP contribution in [-0.2, 0) is 4.79 Å². The van der Waals surface area contributed by atoms with Gasteiger partial charge in [-0.2, -0.15) is 0 Å². The molecule has 0 saturated heterocycles. The van der Waals surface area contributed by atoms with Crippen LogP contribution < -0.4 is 11.1 Å². The summed E-state index contributed by atoms with van der Waals surface area (Å²) in [5.41, 5.74) is 5.05. The first-order valence-corrected chi connectivity index (χ1v) is 6.52. The Kier molecular flexibility index (Phi) is 5.28. The zero-order valence-corrected chi connectivity index (χ0v) is 11.0. The highest BCUT2D eigenvalue weighted by atomic mass is 79.9. The van der Waals surface area contributed by atoms with Gasteiger partial charge in [0.05, 0.1) is 0 Å². The number of thiophene rings is 1. The summed E-state index contributed by atoms with van der Waals surface area (Å²) in [5.74, 6) is -0.233. The fourth-order valence-corrected chi connectivity index (χ4v) is 2.71. The third kappa shape index (κ3) is 4.77. The van der Waals surface area contributed by atoms with Crippen molar-refractivity contribution in [2.75, 3.05) is 6.54 Å². The van der Waals surface area contributed by atoms with E-state index in [1.54, 1.807) is 11.3 Å². The molecule has 0 saturated carbocycles. The molecule has 1 aromatic heterocycles. The molecule has 1 aromatic rings. The maximum Gasteiger partial charge on any atom is 0.217 e. The summed E-state index contributed by atoms with van der Waals surface area (Å²) < 4.78 is 1.12. The molecular formula is C10H15BrN2OS. The van der Waals surface area contributed by atoms with Gasteiger partial charge in [-0.3, -0.25) is 4.79 Å². The van der Waals surface area contributed by atoms with Gasteiger partial charge in [-0.1, -0.05) is 0 Å². The van der Waals surface area contributed by atoms with E-state index >= 15 is 0 Å². The molecule has 3 nitrogen and oxygen atoms in total. The Morgan fingerprint density at radius 3 is 3.00 bits per heavy atom. The van der Waals surface area contributed by atoms with Crippen LogP contribution >= 0.6 is 27.3 Å². The zero-order valence-electron chi connectivity index (χ0n) is 8.63. The summed E-state index contributed by atoms with van der Waals surface area (Å²) >= 11 is 5.14. The molecule has 1 heterocycles. The number of primary amides is 1. The van der Waals surface area contributed by atoms with E-state index < -0.39 is 0 Å². The topological polar surface area (TPSA) is 55.1 Å². The molecule has 1 unspecified atom stereocenters. The van der Waals surface area contributed by atoms with Crippen LogP contribution in [0, 0.1) is 0 Å². The summed E-state index contributed by atoms with van der Waals surface area (Å²) in [6, 6.07) is 2.44. The Labute approximate surface area is 102 Å². The predicted molar refractivity (Wildman–Crippen MR) is 66.9 cm³/mol. The Balaban J connectivity index is 2.24. The van der Waals surface area contributed by atoms with Crippen LogP contribution in [0.2, 0.25) is 0 Å². The number of nitrogens with two attached hydrogens (primary N) is 1. The van der Waals surface area contributed by atoms with Crippen molar-refractivity contribution in [3.63, 3.8) is 0 Å². The minimum atomic E-state index is -0.233. The van der Waals surface area contributed by atoms with Gasteiger partial charge in [0, 0.05) is 27.2 Å². The van der Waals surface area contributed by atoms with Crippen LogP contribution in [0.25, 0.3) is 0 Å². The number of rotatable bonds is 6. The van der Waals surface area contributed by atoms with Crippen LogP contribution in [0.1, 0.15) is 30.7 Å². The Bertz CT molecular complexity index is 327. The molecule has 0 aliphatic heterocycles. The Hall–Kier alpha value is -0.390. The highest BCUT2D eigenvalue weighted by Crippen LogP contribution is 2.25. The molecule has 0 aromatic carbocycles. The molecule has 0 bridgehead atoms. The molecule has 0 radical (unpaired) electrons. The number of nitrogens with one attached hydrogen (secondary N) is 1. The molecular weight excluding hydrogens is 276 g/mol. The maximum absolute atomic E-state index is 10.5. The fraction of sp³-hybridized carbons (Fsp3) is 0.500. The maximum atomic E-state index is 10.5. The van der Waals surface area contributed by atoms with E-state index in [1.807, 2.05) is 0 Å². The second-order valence-electron chi connectivity index (χ2n) is 3.41. The Morgan fingerprint density at radius 2 is 2.47 bits per heavy atom. The number of amides is 1. The second-order valence-corrected chi connectivity index (χ2v) is 5.27. The van der Waals surface area contributed by atoms with Crippen molar-refractivity contribution in [2.24, 2.45) is 5.73 Å². The SMILES string of the molecule is CC(NCCCC(N)=O)c1cc(Br)cs1. The largest absolute Gasteiger partial charge is 0.370 e. The standard InChI is InChI=1S/C10H15BrN2OS/c1-7(9-5-8(11)6-15-9)13-4-2-3-10(12)14/h5-7,13H,2-4H2,1H3,(H2,12,14). The van der Waals surface area contributed by atoms with Gasteiger partial charge >= 0.3 is 0 Å². The lowest BCUT2D eigenvalue weighted by molar-refractivity contribution is -0.118. The lowest BCUT2D eigenvalue weighted by Gasteiger charge is -2.11.